The average molecular weight is 478 g/mol. The van der Waals surface area contributed by atoms with Gasteiger partial charge in [0.1, 0.15) is 11.4 Å². The van der Waals surface area contributed by atoms with Gasteiger partial charge in [0, 0.05) is 18.0 Å². The topological polar surface area (TPSA) is 71.2 Å². The van der Waals surface area contributed by atoms with E-state index in [4.69, 9.17) is 4.74 Å². The van der Waals surface area contributed by atoms with Gasteiger partial charge in [-0.15, -0.1) is 23.1 Å². The molecule has 3 aromatic heterocycles. The van der Waals surface area contributed by atoms with Crippen molar-refractivity contribution in [2.75, 3.05) is 12.0 Å². The van der Waals surface area contributed by atoms with Crippen molar-refractivity contribution < 1.29 is 4.74 Å². The zero-order valence-electron chi connectivity index (χ0n) is 18.5. The lowest BCUT2D eigenvalue weighted by Crippen LogP contribution is -2.38. The SMILES string of the molecule is COc1ccccc1N1C(c2sccc2C)=NNC1SCc1cc(=O)n2cc(C)ccc2n1. The van der Waals surface area contributed by atoms with Crippen LogP contribution in [0.15, 0.2) is 70.0 Å². The number of aromatic nitrogens is 2. The summed E-state index contributed by atoms with van der Waals surface area (Å²) >= 11 is 3.29. The van der Waals surface area contributed by atoms with Crippen molar-refractivity contribution in [3.8, 4) is 5.75 Å². The number of amidine groups is 1. The number of nitrogens with zero attached hydrogens (tertiary/aromatic N) is 4. The van der Waals surface area contributed by atoms with E-state index >= 15 is 0 Å². The zero-order chi connectivity index (χ0) is 22.9. The highest BCUT2D eigenvalue weighted by Crippen LogP contribution is 2.37. The number of anilines is 1. The molecular weight excluding hydrogens is 454 g/mol. The second kappa shape index (κ2) is 8.92. The Balaban J connectivity index is 1.46. The molecule has 0 aliphatic carbocycles. The van der Waals surface area contributed by atoms with Gasteiger partial charge in [0.15, 0.2) is 11.3 Å². The van der Waals surface area contributed by atoms with E-state index < -0.39 is 0 Å². The lowest BCUT2D eigenvalue weighted by molar-refractivity contribution is 0.415. The predicted octanol–water partition coefficient (Wildman–Crippen LogP) is 4.37. The predicted molar refractivity (Wildman–Crippen MR) is 135 cm³/mol. The van der Waals surface area contributed by atoms with Crippen LogP contribution in [0.2, 0.25) is 0 Å². The first-order valence-corrected chi connectivity index (χ1v) is 12.4. The standard InChI is InChI=1S/C24H23N5O2S2/c1-15-8-9-20-25-17(12-21(30)28(20)13-15)14-33-24-27-26-23(22-16(2)10-11-32-22)29(24)18-6-4-5-7-19(18)31-3/h4-13,24,27H,14H2,1-3H3. The number of nitrogens with one attached hydrogen (secondary N) is 1. The number of hydrogen-bond acceptors (Lipinski definition) is 8. The summed E-state index contributed by atoms with van der Waals surface area (Å²) in [6.45, 7) is 4.05. The monoisotopic (exact) mass is 477 g/mol. The van der Waals surface area contributed by atoms with Gasteiger partial charge in [0.25, 0.3) is 5.56 Å². The maximum Gasteiger partial charge on any atom is 0.258 e. The molecule has 9 heteroatoms. The fourth-order valence-electron chi connectivity index (χ4n) is 3.78. The number of hydrogen-bond donors (Lipinski definition) is 1. The first-order valence-electron chi connectivity index (χ1n) is 10.5. The molecule has 0 saturated carbocycles. The molecule has 1 aromatic carbocycles. The minimum Gasteiger partial charge on any atom is -0.495 e. The molecule has 0 spiro atoms. The Kier molecular flexibility index (Phi) is 5.82. The van der Waals surface area contributed by atoms with Crippen LogP contribution in [-0.2, 0) is 5.75 Å². The average Bonchev–Trinajstić information content (AvgIpc) is 3.43. The molecule has 4 aromatic rings. The molecule has 1 N–H and O–H groups in total. The summed E-state index contributed by atoms with van der Waals surface area (Å²) in [6, 6.07) is 15.5. The van der Waals surface area contributed by atoms with E-state index in [0.717, 1.165) is 33.4 Å². The van der Waals surface area contributed by atoms with E-state index in [-0.39, 0.29) is 11.1 Å². The number of rotatable bonds is 6. The molecule has 1 aliphatic rings. The molecule has 1 atom stereocenters. The van der Waals surface area contributed by atoms with E-state index in [1.54, 1.807) is 40.7 Å². The van der Waals surface area contributed by atoms with Crippen LogP contribution in [0, 0.1) is 13.8 Å². The Morgan fingerprint density at radius 3 is 2.82 bits per heavy atom. The smallest absolute Gasteiger partial charge is 0.258 e. The summed E-state index contributed by atoms with van der Waals surface area (Å²) in [5, 5.41) is 6.76. The van der Waals surface area contributed by atoms with E-state index in [2.05, 4.69) is 38.8 Å². The molecule has 33 heavy (non-hydrogen) atoms. The zero-order valence-corrected chi connectivity index (χ0v) is 20.1. The maximum absolute atomic E-state index is 12.6. The minimum absolute atomic E-state index is 0.0774. The number of pyridine rings is 1. The number of fused-ring (bicyclic) bond motifs is 1. The third-order valence-electron chi connectivity index (χ3n) is 5.40. The highest BCUT2D eigenvalue weighted by molar-refractivity contribution is 7.99. The quantitative estimate of drug-likeness (QED) is 0.445. The van der Waals surface area contributed by atoms with Crippen LogP contribution in [0.5, 0.6) is 5.75 Å². The molecule has 0 radical (unpaired) electrons. The maximum atomic E-state index is 12.6. The molecule has 0 fully saturated rings. The second-order valence-corrected chi connectivity index (χ2v) is 9.71. The molecule has 168 valence electrons. The van der Waals surface area contributed by atoms with Crippen LogP contribution in [0.1, 0.15) is 21.7 Å². The number of methoxy groups -OCH3 is 1. The van der Waals surface area contributed by atoms with Gasteiger partial charge in [-0.05, 0) is 54.6 Å². The Bertz CT molecular complexity index is 1410. The molecule has 1 aliphatic heterocycles. The Morgan fingerprint density at radius 1 is 1.18 bits per heavy atom. The lowest BCUT2D eigenvalue weighted by Gasteiger charge is -2.28. The Hall–Kier alpha value is -3.30. The van der Waals surface area contributed by atoms with Crippen LogP contribution in [-0.4, -0.2) is 27.8 Å². The first kappa shape index (κ1) is 21.5. The molecule has 0 amide bonds. The van der Waals surface area contributed by atoms with Crippen molar-refractivity contribution in [3.63, 3.8) is 0 Å². The van der Waals surface area contributed by atoms with Gasteiger partial charge in [0.2, 0.25) is 0 Å². The van der Waals surface area contributed by atoms with E-state index in [1.165, 1.54) is 5.56 Å². The number of ether oxygens (including phenoxy) is 1. The van der Waals surface area contributed by atoms with Gasteiger partial charge in [-0.25, -0.2) is 4.98 Å². The first-order chi connectivity index (χ1) is 16.0. The van der Waals surface area contributed by atoms with Crippen LogP contribution >= 0.6 is 23.1 Å². The molecule has 4 heterocycles. The van der Waals surface area contributed by atoms with Crippen LogP contribution in [0.3, 0.4) is 0 Å². The fraction of sp³-hybridized carbons (Fsp3) is 0.208. The number of aryl methyl sites for hydroxylation is 2. The minimum atomic E-state index is -0.184. The van der Waals surface area contributed by atoms with E-state index in [0.29, 0.717) is 11.4 Å². The van der Waals surface area contributed by atoms with Gasteiger partial charge in [-0.3, -0.25) is 19.5 Å². The summed E-state index contributed by atoms with van der Waals surface area (Å²) in [7, 11) is 1.67. The number of hydrazone groups is 1. The summed E-state index contributed by atoms with van der Waals surface area (Å²) in [5.41, 5.74) is 7.51. The molecule has 7 nitrogen and oxygen atoms in total. The summed E-state index contributed by atoms with van der Waals surface area (Å²) in [5.74, 6) is 2.17. The molecule has 0 saturated heterocycles. The van der Waals surface area contributed by atoms with Gasteiger partial charge >= 0.3 is 0 Å². The van der Waals surface area contributed by atoms with Crippen LogP contribution in [0.25, 0.3) is 5.65 Å². The third-order valence-corrected chi connectivity index (χ3v) is 7.51. The molecule has 5 rings (SSSR count). The van der Waals surface area contributed by atoms with Crippen molar-refractivity contribution in [1.82, 2.24) is 14.8 Å². The molecule has 1 unspecified atom stereocenters. The summed E-state index contributed by atoms with van der Waals surface area (Å²) < 4.78 is 7.23. The van der Waals surface area contributed by atoms with Crippen molar-refractivity contribution >= 4 is 40.3 Å². The normalized spacial score (nSPS) is 15.5. The molecule has 0 bridgehead atoms. The van der Waals surface area contributed by atoms with Gasteiger partial charge in [-0.1, -0.05) is 18.2 Å². The van der Waals surface area contributed by atoms with Crippen molar-refractivity contribution in [3.05, 3.63) is 92.2 Å². The number of thioether (sulfide) groups is 1. The van der Waals surface area contributed by atoms with Crippen LogP contribution < -0.4 is 20.6 Å². The Morgan fingerprint density at radius 2 is 2.03 bits per heavy atom. The van der Waals surface area contributed by atoms with Crippen molar-refractivity contribution in [2.45, 2.75) is 25.1 Å². The lowest BCUT2D eigenvalue weighted by atomic mass is 10.2. The van der Waals surface area contributed by atoms with Gasteiger partial charge in [-0.2, -0.15) is 5.10 Å². The summed E-state index contributed by atoms with van der Waals surface area (Å²) in [4.78, 5) is 20.6. The fourth-order valence-corrected chi connectivity index (χ4v) is 5.66. The number of thiophene rings is 1. The van der Waals surface area contributed by atoms with Gasteiger partial charge in [0.05, 0.1) is 23.4 Å². The highest BCUT2D eigenvalue weighted by atomic mass is 32.2. The Labute approximate surface area is 199 Å². The summed E-state index contributed by atoms with van der Waals surface area (Å²) in [6.07, 6.45) is 1.81. The van der Waals surface area contributed by atoms with Gasteiger partial charge < -0.3 is 4.74 Å². The largest absolute Gasteiger partial charge is 0.495 e. The van der Waals surface area contributed by atoms with Crippen molar-refractivity contribution in [2.24, 2.45) is 5.10 Å². The second-order valence-electron chi connectivity index (χ2n) is 7.72. The third kappa shape index (κ3) is 4.09. The van der Waals surface area contributed by atoms with E-state index in [9.17, 15) is 4.79 Å². The number of benzene rings is 1. The molecular formula is C24H23N5O2S2. The van der Waals surface area contributed by atoms with Crippen LogP contribution in [0.4, 0.5) is 5.69 Å². The highest BCUT2D eigenvalue weighted by Gasteiger charge is 2.33. The van der Waals surface area contributed by atoms with Crippen molar-refractivity contribution in [1.29, 1.82) is 0 Å². The van der Waals surface area contributed by atoms with E-state index in [1.807, 2.05) is 49.5 Å². The number of para-hydroxylation sites is 2.